The zero-order valence-electron chi connectivity index (χ0n) is 15.2. The molecule has 3 nitrogen and oxygen atoms in total. The maximum absolute atomic E-state index is 10.1. The van der Waals surface area contributed by atoms with Crippen LogP contribution in [0.3, 0.4) is 0 Å². The Morgan fingerprint density at radius 2 is 1.96 bits per heavy atom. The smallest absolute Gasteiger partial charge is 0.214 e. The first-order chi connectivity index (χ1) is 12.0. The van der Waals surface area contributed by atoms with E-state index in [4.69, 9.17) is 4.74 Å². The molecule has 0 bridgehead atoms. The van der Waals surface area contributed by atoms with Crippen molar-refractivity contribution in [2.75, 3.05) is 0 Å². The molecule has 0 amide bonds. The molecule has 0 unspecified atom stereocenters. The van der Waals surface area contributed by atoms with Crippen molar-refractivity contribution < 1.29 is 9.84 Å². The maximum Gasteiger partial charge on any atom is 0.214 e. The molecule has 1 aromatic carbocycles. The molecule has 2 aliphatic rings. The van der Waals surface area contributed by atoms with E-state index in [1.54, 1.807) is 0 Å². The van der Waals surface area contributed by atoms with Crippen molar-refractivity contribution in [1.82, 2.24) is 4.98 Å². The number of aryl methyl sites for hydroxylation is 1. The molecule has 1 aromatic heterocycles. The van der Waals surface area contributed by atoms with Gasteiger partial charge < -0.3 is 9.84 Å². The molecule has 1 N–H and O–H groups in total. The standard InChI is InChI=1S/C22H27NO2/c1-15-19-5-3-4-16(19)6-7-20(15)17-10-13-23-21(14-17)25-18-8-11-22(2,24)12-9-18/h6-7,10,13-14,18,24H,3-5,8-9,11-12H2,1-2H3/t18-,22+. The van der Waals surface area contributed by atoms with Gasteiger partial charge in [-0.3, -0.25) is 0 Å². The number of benzene rings is 1. The molecule has 0 aliphatic heterocycles. The van der Waals surface area contributed by atoms with E-state index >= 15 is 0 Å². The molecule has 2 aliphatic carbocycles. The van der Waals surface area contributed by atoms with Crippen LogP contribution in [0.25, 0.3) is 11.1 Å². The van der Waals surface area contributed by atoms with Gasteiger partial charge in [-0.2, -0.15) is 0 Å². The van der Waals surface area contributed by atoms with Crippen molar-refractivity contribution in [1.29, 1.82) is 0 Å². The normalized spacial score (nSPS) is 25.6. The number of pyridine rings is 1. The Labute approximate surface area is 150 Å². The fraction of sp³-hybridized carbons (Fsp3) is 0.500. The summed E-state index contributed by atoms with van der Waals surface area (Å²) in [5.41, 5.74) is 6.39. The highest BCUT2D eigenvalue weighted by Crippen LogP contribution is 2.34. The predicted molar refractivity (Wildman–Crippen MR) is 99.9 cm³/mol. The Kier molecular flexibility index (Phi) is 4.28. The lowest BCUT2D eigenvalue weighted by atomic mass is 9.85. The molecule has 0 radical (unpaired) electrons. The van der Waals surface area contributed by atoms with Crippen molar-refractivity contribution in [2.24, 2.45) is 0 Å². The summed E-state index contributed by atoms with van der Waals surface area (Å²) in [4.78, 5) is 4.41. The average molecular weight is 337 g/mol. The number of hydrogen-bond acceptors (Lipinski definition) is 3. The number of aliphatic hydroxyl groups is 1. The van der Waals surface area contributed by atoms with Gasteiger partial charge >= 0.3 is 0 Å². The second-order valence-electron chi connectivity index (χ2n) is 7.93. The number of fused-ring (bicyclic) bond motifs is 1. The topological polar surface area (TPSA) is 42.4 Å². The highest BCUT2D eigenvalue weighted by molar-refractivity contribution is 5.70. The minimum Gasteiger partial charge on any atom is -0.474 e. The second-order valence-corrected chi connectivity index (χ2v) is 7.93. The number of ether oxygens (including phenoxy) is 1. The molecule has 0 saturated heterocycles. The SMILES string of the molecule is Cc1c(-c2ccnc(O[C@H]3CC[C@@](C)(O)CC3)c2)ccc2c1CCC2. The van der Waals surface area contributed by atoms with Crippen LogP contribution in [0.15, 0.2) is 30.5 Å². The van der Waals surface area contributed by atoms with Crippen molar-refractivity contribution in [3.8, 4) is 17.0 Å². The van der Waals surface area contributed by atoms with Crippen molar-refractivity contribution in [3.05, 3.63) is 47.2 Å². The molecule has 25 heavy (non-hydrogen) atoms. The molecule has 0 atom stereocenters. The van der Waals surface area contributed by atoms with Gasteiger partial charge in [0.15, 0.2) is 0 Å². The fourth-order valence-electron chi connectivity index (χ4n) is 4.31. The van der Waals surface area contributed by atoms with E-state index in [0.29, 0.717) is 5.88 Å². The molecule has 4 rings (SSSR count). The first-order valence-electron chi connectivity index (χ1n) is 9.49. The first-order valence-corrected chi connectivity index (χ1v) is 9.49. The van der Waals surface area contributed by atoms with E-state index in [1.807, 2.05) is 13.1 Å². The van der Waals surface area contributed by atoms with Crippen LogP contribution in [0, 0.1) is 6.92 Å². The predicted octanol–water partition coefficient (Wildman–Crippen LogP) is 4.62. The van der Waals surface area contributed by atoms with E-state index in [9.17, 15) is 5.11 Å². The summed E-state index contributed by atoms with van der Waals surface area (Å²) in [5.74, 6) is 0.698. The number of nitrogens with zero attached hydrogens (tertiary/aromatic N) is 1. The van der Waals surface area contributed by atoms with Crippen molar-refractivity contribution >= 4 is 0 Å². The van der Waals surface area contributed by atoms with Crippen LogP contribution in [-0.4, -0.2) is 21.8 Å². The van der Waals surface area contributed by atoms with Crippen LogP contribution >= 0.6 is 0 Å². The van der Waals surface area contributed by atoms with Gasteiger partial charge in [0, 0.05) is 12.3 Å². The number of rotatable bonds is 3. The van der Waals surface area contributed by atoms with Gasteiger partial charge in [0.25, 0.3) is 0 Å². The Balaban J connectivity index is 1.54. The average Bonchev–Trinajstić information content (AvgIpc) is 3.07. The van der Waals surface area contributed by atoms with Crippen LogP contribution in [0.5, 0.6) is 5.88 Å². The molecule has 132 valence electrons. The summed E-state index contributed by atoms with van der Waals surface area (Å²) in [6, 6.07) is 8.67. The lowest BCUT2D eigenvalue weighted by Gasteiger charge is -2.32. The highest BCUT2D eigenvalue weighted by Gasteiger charge is 2.29. The van der Waals surface area contributed by atoms with Crippen LogP contribution in [0.2, 0.25) is 0 Å². The third-order valence-electron chi connectivity index (χ3n) is 5.91. The molecule has 2 aromatic rings. The van der Waals surface area contributed by atoms with Gasteiger partial charge in [-0.15, -0.1) is 0 Å². The second kappa shape index (κ2) is 6.45. The molecule has 1 fully saturated rings. The van der Waals surface area contributed by atoms with E-state index in [1.165, 1.54) is 47.1 Å². The van der Waals surface area contributed by atoms with Crippen LogP contribution in [-0.2, 0) is 12.8 Å². The Morgan fingerprint density at radius 1 is 1.16 bits per heavy atom. The van der Waals surface area contributed by atoms with Crippen LogP contribution in [0.1, 0.15) is 55.7 Å². The summed E-state index contributed by atoms with van der Waals surface area (Å²) in [5, 5.41) is 10.1. The zero-order chi connectivity index (χ0) is 17.4. The fourth-order valence-corrected chi connectivity index (χ4v) is 4.31. The highest BCUT2D eigenvalue weighted by atomic mass is 16.5. The molecular formula is C22H27NO2. The largest absolute Gasteiger partial charge is 0.474 e. The minimum atomic E-state index is -0.531. The van der Waals surface area contributed by atoms with Gasteiger partial charge in [0.2, 0.25) is 5.88 Å². The van der Waals surface area contributed by atoms with Crippen LogP contribution in [0.4, 0.5) is 0 Å². The van der Waals surface area contributed by atoms with Gasteiger partial charge in [-0.1, -0.05) is 12.1 Å². The molecule has 3 heteroatoms. The van der Waals surface area contributed by atoms with Crippen molar-refractivity contribution in [3.63, 3.8) is 0 Å². The number of aromatic nitrogens is 1. The Morgan fingerprint density at radius 3 is 2.76 bits per heavy atom. The Bertz CT molecular complexity index is 772. The Hall–Kier alpha value is -1.87. The summed E-state index contributed by atoms with van der Waals surface area (Å²) in [7, 11) is 0. The van der Waals surface area contributed by atoms with Gasteiger partial charge in [-0.05, 0) is 92.7 Å². The molecule has 0 spiro atoms. The van der Waals surface area contributed by atoms with Gasteiger partial charge in [-0.25, -0.2) is 4.98 Å². The van der Waals surface area contributed by atoms with E-state index in [0.717, 1.165) is 25.7 Å². The van der Waals surface area contributed by atoms with E-state index < -0.39 is 5.60 Å². The van der Waals surface area contributed by atoms with Crippen molar-refractivity contribution in [2.45, 2.75) is 70.5 Å². The zero-order valence-corrected chi connectivity index (χ0v) is 15.2. The molecule has 1 heterocycles. The summed E-state index contributed by atoms with van der Waals surface area (Å²) >= 11 is 0. The lowest BCUT2D eigenvalue weighted by molar-refractivity contribution is -0.0117. The summed E-state index contributed by atoms with van der Waals surface area (Å²) < 4.78 is 6.12. The molecular weight excluding hydrogens is 310 g/mol. The van der Waals surface area contributed by atoms with E-state index in [2.05, 4.69) is 36.2 Å². The van der Waals surface area contributed by atoms with E-state index in [-0.39, 0.29) is 6.10 Å². The first kappa shape index (κ1) is 16.6. The van der Waals surface area contributed by atoms with Crippen LogP contribution < -0.4 is 4.74 Å². The third-order valence-corrected chi connectivity index (χ3v) is 5.91. The van der Waals surface area contributed by atoms with Gasteiger partial charge in [0.05, 0.1) is 5.60 Å². The lowest BCUT2D eigenvalue weighted by Crippen LogP contribution is -2.34. The number of hydrogen-bond donors (Lipinski definition) is 1. The summed E-state index contributed by atoms with van der Waals surface area (Å²) in [6.07, 6.45) is 9.05. The summed E-state index contributed by atoms with van der Waals surface area (Å²) in [6.45, 7) is 4.16. The monoisotopic (exact) mass is 337 g/mol. The van der Waals surface area contributed by atoms with Gasteiger partial charge in [0.1, 0.15) is 6.10 Å². The quantitative estimate of drug-likeness (QED) is 0.889. The minimum absolute atomic E-state index is 0.157. The maximum atomic E-state index is 10.1. The molecule has 1 saturated carbocycles. The third kappa shape index (κ3) is 3.43.